The Balaban J connectivity index is 1.97. The van der Waals surface area contributed by atoms with Gasteiger partial charge in [0.15, 0.2) is 5.16 Å². The van der Waals surface area contributed by atoms with Gasteiger partial charge in [-0.15, -0.1) is 0 Å². The fourth-order valence-electron chi connectivity index (χ4n) is 2.08. The number of hydrogen-bond acceptors (Lipinski definition) is 5. The number of hydrogen-bond donors (Lipinski definition) is 2. The molecule has 5 nitrogen and oxygen atoms in total. The molecule has 3 N–H and O–H groups in total. The number of carbonyl (C=O) groups excluding carboxylic acids is 1. The van der Waals surface area contributed by atoms with Crippen molar-refractivity contribution in [3.63, 3.8) is 0 Å². The average molecular weight is 280 g/mol. The Kier molecular flexibility index (Phi) is 5.01. The number of carbonyl (C=O) groups is 1. The molecule has 1 aromatic rings. The molecule has 104 valence electrons. The first kappa shape index (κ1) is 14.1. The minimum absolute atomic E-state index is 0.0580. The second kappa shape index (κ2) is 6.75. The Labute approximate surface area is 117 Å². The van der Waals surface area contributed by atoms with Crippen LogP contribution in [-0.4, -0.2) is 28.2 Å². The standard InChI is InChI=1S/C13H20N4OS/c1-2-10-7-11(14)17-13(16-10)19-8-9-5-3-4-6-15-12(9)18/h7,9H,2-6,8H2,1H3,(H,15,18)(H2,14,16,17). The topological polar surface area (TPSA) is 80.9 Å². The molecule has 1 aliphatic rings. The minimum atomic E-state index is 0.0580. The molecule has 1 saturated heterocycles. The quantitative estimate of drug-likeness (QED) is 0.647. The van der Waals surface area contributed by atoms with E-state index >= 15 is 0 Å². The Hall–Kier alpha value is -1.30. The molecule has 2 heterocycles. The van der Waals surface area contributed by atoms with Crippen molar-refractivity contribution in [3.8, 4) is 0 Å². The molecule has 1 amide bonds. The van der Waals surface area contributed by atoms with Gasteiger partial charge in [-0.2, -0.15) is 0 Å². The third-order valence-electron chi connectivity index (χ3n) is 3.20. The van der Waals surface area contributed by atoms with Crippen molar-refractivity contribution in [1.82, 2.24) is 15.3 Å². The van der Waals surface area contributed by atoms with E-state index in [-0.39, 0.29) is 11.8 Å². The normalized spacial score (nSPS) is 19.8. The highest BCUT2D eigenvalue weighted by Crippen LogP contribution is 2.23. The lowest BCUT2D eigenvalue weighted by Crippen LogP contribution is -2.30. The SMILES string of the molecule is CCc1cc(N)nc(SCC2CCCCNC2=O)n1. The van der Waals surface area contributed by atoms with Crippen LogP contribution in [0.5, 0.6) is 0 Å². The van der Waals surface area contributed by atoms with Crippen molar-refractivity contribution >= 4 is 23.5 Å². The zero-order valence-corrected chi connectivity index (χ0v) is 12.0. The molecular formula is C13H20N4OS. The van der Waals surface area contributed by atoms with Gasteiger partial charge < -0.3 is 11.1 Å². The molecule has 1 aromatic heterocycles. The Morgan fingerprint density at radius 3 is 3.11 bits per heavy atom. The van der Waals surface area contributed by atoms with Gasteiger partial charge >= 0.3 is 0 Å². The molecule has 1 atom stereocenters. The van der Waals surface area contributed by atoms with Gasteiger partial charge in [-0.3, -0.25) is 4.79 Å². The highest BCUT2D eigenvalue weighted by atomic mass is 32.2. The first-order chi connectivity index (χ1) is 9.19. The first-order valence-electron chi connectivity index (χ1n) is 6.73. The summed E-state index contributed by atoms with van der Waals surface area (Å²) in [4.78, 5) is 20.5. The van der Waals surface area contributed by atoms with Crippen molar-refractivity contribution in [2.75, 3.05) is 18.0 Å². The van der Waals surface area contributed by atoms with E-state index in [2.05, 4.69) is 15.3 Å². The number of amides is 1. The van der Waals surface area contributed by atoms with Gasteiger partial charge in [-0.05, 0) is 19.3 Å². The van der Waals surface area contributed by atoms with Gasteiger partial charge in [-0.25, -0.2) is 9.97 Å². The van der Waals surface area contributed by atoms with Crippen molar-refractivity contribution in [2.24, 2.45) is 5.92 Å². The zero-order chi connectivity index (χ0) is 13.7. The van der Waals surface area contributed by atoms with Crippen LogP contribution in [0.15, 0.2) is 11.2 Å². The Bertz CT molecular complexity index is 452. The Morgan fingerprint density at radius 1 is 1.47 bits per heavy atom. The fraction of sp³-hybridized carbons (Fsp3) is 0.615. The maximum absolute atomic E-state index is 11.8. The molecule has 1 unspecified atom stereocenters. The summed E-state index contributed by atoms with van der Waals surface area (Å²) >= 11 is 1.52. The third-order valence-corrected chi connectivity index (χ3v) is 4.21. The van der Waals surface area contributed by atoms with Crippen LogP contribution in [0.2, 0.25) is 0 Å². The van der Waals surface area contributed by atoms with E-state index in [0.29, 0.717) is 11.0 Å². The summed E-state index contributed by atoms with van der Waals surface area (Å²) in [6.07, 6.45) is 3.95. The summed E-state index contributed by atoms with van der Waals surface area (Å²) in [7, 11) is 0. The van der Waals surface area contributed by atoms with Crippen LogP contribution >= 0.6 is 11.8 Å². The molecule has 2 rings (SSSR count). The van der Waals surface area contributed by atoms with Crippen LogP contribution in [0.25, 0.3) is 0 Å². The second-order valence-corrected chi connectivity index (χ2v) is 5.70. The average Bonchev–Trinajstić information content (AvgIpc) is 2.60. The third kappa shape index (κ3) is 4.09. The van der Waals surface area contributed by atoms with E-state index in [1.807, 2.05) is 6.92 Å². The summed E-state index contributed by atoms with van der Waals surface area (Å²) in [5, 5.41) is 3.62. The van der Waals surface area contributed by atoms with E-state index in [4.69, 9.17) is 5.73 Å². The molecule has 0 aliphatic carbocycles. The van der Waals surface area contributed by atoms with Crippen LogP contribution in [-0.2, 0) is 11.2 Å². The first-order valence-corrected chi connectivity index (χ1v) is 7.71. The number of aryl methyl sites for hydroxylation is 1. The van der Waals surface area contributed by atoms with Crippen molar-refractivity contribution in [3.05, 3.63) is 11.8 Å². The van der Waals surface area contributed by atoms with E-state index in [9.17, 15) is 4.79 Å². The van der Waals surface area contributed by atoms with Crippen LogP contribution in [0, 0.1) is 5.92 Å². The summed E-state index contributed by atoms with van der Waals surface area (Å²) in [6.45, 7) is 2.84. The van der Waals surface area contributed by atoms with E-state index < -0.39 is 0 Å². The van der Waals surface area contributed by atoms with Crippen molar-refractivity contribution < 1.29 is 4.79 Å². The number of rotatable bonds is 4. The van der Waals surface area contributed by atoms with Crippen molar-refractivity contribution in [2.45, 2.75) is 37.8 Å². The number of nitrogens with one attached hydrogen (secondary N) is 1. The predicted molar refractivity (Wildman–Crippen MR) is 76.9 cm³/mol. The molecular weight excluding hydrogens is 260 g/mol. The van der Waals surface area contributed by atoms with Gasteiger partial charge in [-0.1, -0.05) is 25.1 Å². The molecule has 0 spiro atoms. The molecule has 0 saturated carbocycles. The summed E-state index contributed by atoms with van der Waals surface area (Å²) < 4.78 is 0. The lowest BCUT2D eigenvalue weighted by atomic mass is 10.1. The summed E-state index contributed by atoms with van der Waals surface area (Å²) in [5.74, 6) is 1.44. The highest BCUT2D eigenvalue weighted by Gasteiger charge is 2.21. The van der Waals surface area contributed by atoms with E-state index in [1.165, 1.54) is 11.8 Å². The second-order valence-electron chi connectivity index (χ2n) is 4.72. The minimum Gasteiger partial charge on any atom is -0.384 e. The molecule has 0 bridgehead atoms. The highest BCUT2D eigenvalue weighted by molar-refractivity contribution is 7.99. The molecule has 1 fully saturated rings. The van der Waals surface area contributed by atoms with Crippen LogP contribution in [0.1, 0.15) is 31.9 Å². The largest absolute Gasteiger partial charge is 0.384 e. The van der Waals surface area contributed by atoms with Gasteiger partial charge in [0, 0.05) is 30.0 Å². The maximum Gasteiger partial charge on any atom is 0.223 e. The number of anilines is 1. The number of aromatic nitrogens is 2. The number of nitrogens with zero attached hydrogens (tertiary/aromatic N) is 2. The van der Waals surface area contributed by atoms with Gasteiger partial charge in [0.25, 0.3) is 0 Å². The van der Waals surface area contributed by atoms with Crippen LogP contribution in [0.3, 0.4) is 0 Å². The monoisotopic (exact) mass is 280 g/mol. The summed E-state index contributed by atoms with van der Waals surface area (Å²) in [6, 6.07) is 1.79. The lowest BCUT2D eigenvalue weighted by molar-refractivity contribution is -0.123. The van der Waals surface area contributed by atoms with Gasteiger partial charge in [0.2, 0.25) is 5.91 Å². The van der Waals surface area contributed by atoms with Crippen LogP contribution in [0.4, 0.5) is 5.82 Å². The summed E-state index contributed by atoms with van der Waals surface area (Å²) in [5.41, 5.74) is 6.70. The fourth-order valence-corrected chi connectivity index (χ4v) is 3.10. The molecule has 0 aromatic carbocycles. The van der Waals surface area contributed by atoms with Crippen molar-refractivity contribution in [1.29, 1.82) is 0 Å². The zero-order valence-electron chi connectivity index (χ0n) is 11.2. The molecule has 1 aliphatic heterocycles. The van der Waals surface area contributed by atoms with Crippen LogP contribution < -0.4 is 11.1 Å². The molecule has 6 heteroatoms. The van der Waals surface area contributed by atoms with E-state index in [1.54, 1.807) is 6.07 Å². The van der Waals surface area contributed by atoms with E-state index in [0.717, 1.165) is 43.7 Å². The molecule has 0 radical (unpaired) electrons. The lowest BCUT2D eigenvalue weighted by Gasteiger charge is -2.12. The van der Waals surface area contributed by atoms with Gasteiger partial charge in [0.05, 0.1) is 0 Å². The smallest absolute Gasteiger partial charge is 0.223 e. The number of nitrogens with two attached hydrogens (primary N) is 1. The van der Waals surface area contributed by atoms with Gasteiger partial charge in [0.1, 0.15) is 5.82 Å². The maximum atomic E-state index is 11.8. The number of thioether (sulfide) groups is 1. The molecule has 19 heavy (non-hydrogen) atoms. The number of nitrogen functional groups attached to an aromatic ring is 1. The predicted octanol–water partition coefficient (Wildman–Crippen LogP) is 1.63. The Morgan fingerprint density at radius 2 is 2.32 bits per heavy atom.